The molecule has 1 N–H and O–H groups in total. The molecular formula is C21H24N2O3S. The van der Waals surface area contributed by atoms with Crippen LogP contribution in [0.4, 0.5) is 5.69 Å². The van der Waals surface area contributed by atoms with E-state index < -0.39 is 10.0 Å². The zero-order chi connectivity index (χ0) is 18.7. The maximum absolute atomic E-state index is 12.7. The van der Waals surface area contributed by atoms with Crippen LogP contribution in [0.1, 0.15) is 23.1 Å². The van der Waals surface area contributed by atoms with Gasteiger partial charge in [-0.3, -0.25) is 0 Å². The molecule has 0 aromatic heterocycles. The molecule has 1 saturated heterocycles. The largest absolute Gasteiger partial charge is 0.378 e. The van der Waals surface area contributed by atoms with Crippen molar-refractivity contribution in [3.63, 3.8) is 0 Å². The van der Waals surface area contributed by atoms with Crippen LogP contribution in [0.3, 0.4) is 0 Å². The minimum Gasteiger partial charge on any atom is -0.378 e. The molecule has 0 saturated carbocycles. The first kappa shape index (κ1) is 18.2. The first-order valence-electron chi connectivity index (χ1n) is 9.32. The summed E-state index contributed by atoms with van der Waals surface area (Å²) in [6.45, 7) is 3.58. The maximum Gasteiger partial charge on any atom is 0.237 e. The summed E-state index contributed by atoms with van der Waals surface area (Å²) < 4.78 is 33.5. The molecule has 1 fully saturated rings. The predicted octanol–water partition coefficient (Wildman–Crippen LogP) is 2.93. The van der Waals surface area contributed by atoms with Gasteiger partial charge >= 0.3 is 0 Å². The molecule has 1 aliphatic carbocycles. The van der Waals surface area contributed by atoms with Gasteiger partial charge < -0.3 is 9.64 Å². The Balaban J connectivity index is 1.41. The summed E-state index contributed by atoms with van der Waals surface area (Å²) in [5, 5.41) is 0. The lowest BCUT2D eigenvalue weighted by Crippen LogP contribution is -2.36. The fourth-order valence-corrected chi connectivity index (χ4v) is 4.73. The number of rotatable bonds is 5. The summed E-state index contributed by atoms with van der Waals surface area (Å²) in [5.74, 6) is 0. The van der Waals surface area contributed by atoms with Gasteiger partial charge in [-0.2, -0.15) is 0 Å². The average molecular weight is 385 g/mol. The lowest BCUT2D eigenvalue weighted by atomic mass is 9.98. The molecule has 1 heterocycles. The Hall–Kier alpha value is -2.15. The van der Waals surface area contributed by atoms with Crippen LogP contribution in [0.2, 0.25) is 0 Å². The molecule has 6 heteroatoms. The van der Waals surface area contributed by atoms with Crippen molar-refractivity contribution in [2.24, 2.45) is 0 Å². The zero-order valence-electron chi connectivity index (χ0n) is 15.2. The minimum atomic E-state index is -3.47. The molecule has 1 aliphatic heterocycles. The Morgan fingerprint density at radius 3 is 2.48 bits per heavy atom. The van der Waals surface area contributed by atoms with Gasteiger partial charge in [0.05, 0.1) is 18.1 Å². The van der Waals surface area contributed by atoms with Gasteiger partial charge in [0.1, 0.15) is 0 Å². The van der Waals surface area contributed by atoms with Gasteiger partial charge in [0.2, 0.25) is 10.0 Å². The molecule has 2 aromatic carbocycles. The van der Waals surface area contributed by atoms with Crippen LogP contribution >= 0.6 is 0 Å². The molecule has 0 radical (unpaired) electrons. The number of sulfonamides is 1. The molecule has 2 aliphatic rings. The smallest absolute Gasteiger partial charge is 0.237 e. The number of aryl methyl sites for hydroxylation is 1. The SMILES string of the molecule is O=S(=O)(NCc1ccc(N2CCOCC2)cc1)C1=Cc2ccccc2CC1. The van der Waals surface area contributed by atoms with E-state index in [-0.39, 0.29) is 0 Å². The molecule has 0 amide bonds. The van der Waals surface area contributed by atoms with E-state index in [0.717, 1.165) is 49.5 Å². The van der Waals surface area contributed by atoms with Crippen LogP contribution < -0.4 is 9.62 Å². The third-order valence-corrected chi connectivity index (χ3v) is 6.67. The van der Waals surface area contributed by atoms with E-state index in [0.29, 0.717) is 17.9 Å². The molecule has 0 atom stereocenters. The number of nitrogens with one attached hydrogen (secondary N) is 1. The molecule has 142 valence electrons. The van der Waals surface area contributed by atoms with E-state index in [9.17, 15) is 8.42 Å². The molecule has 0 spiro atoms. The number of allylic oxidation sites excluding steroid dienone is 1. The van der Waals surface area contributed by atoms with Crippen LogP contribution in [0, 0.1) is 0 Å². The summed E-state index contributed by atoms with van der Waals surface area (Å²) in [6, 6.07) is 16.0. The summed E-state index contributed by atoms with van der Waals surface area (Å²) in [5.41, 5.74) is 4.30. The van der Waals surface area contributed by atoms with Crippen molar-refractivity contribution in [1.29, 1.82) is 0 Å². The van der Waals surface area contributed by atoms with E-state index in [4.69, 9.17) is 4.74 Å². The highest BCUT2D eigenvalue weighted by molar-refractivity contribution is 7.93. The van der Waals surface area contributed by atoms with Gasteiger partial charge in [-0.25, -0.2) is 13.1 Å². The Kier molecular flexibility index (Phi) is 5.29. The van der Waals surface area contributed by atoms with Crippen LogP contribution in [0.15, 0.2) is 53.4 Å². The van der Waals surface area contributed by atoms with Crippen molar-refractivity contribution in [3.8, 4) is 0 Å². The van der Waals surface area contributed by atoms with E-state index >= 15 is 0 Å². The van der Waals surface area contributed by atoms with Crippen LogP contribution in [0.25, 0.3) is 6.08 Å². The number of hydrogen-bond donors (Lipinski definition) is 1. The second kappa shape index (κ2) is 7.84. The first-order valence-corrected chi connectivity index (χ1v) is 10.8. The van der Waals surface area contributed by atoms with Gasteiger partial charge in [-0.15, -0.1) is 0 Å². The highest BCUT2D eigenvalue weighted by atomic mass is 32.2. The normalized spacial score (nSPS) is 17.3. The van der Waals surface area contributed by atoms with Gasteiger partial charge in [-0.05, 0) is 47.7 Å². The van der Waals surface area contributed by atoms with Crippen LogP contribution in [-0.4, -0.2) is 34.7 Å². The summed E-state index contributed by atoms with van der Waals surface area (Å²) >= 11 is 0. The van der Waals surface area contributed by atoms with Gasteiger partial charge in [0.15, 0.2) is 0 Å². The number of morpholine rings is 1. The molecule has 0 unspecified atom stereocenters. The molecule has 4 rings (SSSR count). The van der Waals surface area contributed by atoms with Crippen LogP contribution in [0.5, 0.6) is 0 Å². The Labute approximate surface area is 160 Å². The molecule has 27 heavy (non-hydrogen) atoms. The van der Waals surface area contributed by atoms with Crippen molar-refractivity contribution in [3.05, 3.63) is 70.1 Å². The van der Waals surface area contributed by atoms with Gasteiger partial charge in [0, 0.05) is 25.3 Å². The summed E-state index contributed by atoms with van der Waals surface area (Å²) in [4.78, 5) is 2.74. The van der Waals surface area contributed by atoms with Crippen molar-refractivity contribution < 1.29 is 13.2 Å². The number of ether oxygens (including phenoxy) is 1. The zero-order valence-corrected chi connectivity index (χ0v) is 16.0. The van der Waals surface area contributed by atoms with Crippen molar-refractivity contribution in [2.45, 2.75) is 19.4 Å². The Morgan fingerprint density at radius 1 is 0.963 bits per heavy atom. The number of hydrogen-bond acceptors (Lipinski definition) is 4. The summed E-state index contributed by atoms with van der Waals surface area (Å²) in [6.07, 6.45) is 3.10. The van der Waals surface area contributed by atoms with Gasteiger partial charge in [-0.1, -0.05) is 36.4 Å². The average Bonchev–Trinajstić information content (AvgIpc) is 2.73. The van der Waals surface area contributed by atoms with E-state index in [1.54, 1.807) is 6.08 Å². The summed E-state index contributed by atoms with van der Waals surface area (Å²) in [7, 11) is -3.47. The molecule has 0 bridgehead atoms. The first-order chi connectivity index (χ1) is 13.1. The highest BCUT2D eigenvalue weighted by Gasteiger charge is 2.21. The monoisotopic (exact) mass is 384 g/mol. The molecular weight excluding hydrogens is 360 g/mol. The predicted molar refractivity (Wildman–Crippen MR) is 108 cm³/mol. The Morgan fingerprint density at radius 2 is 1.70 bits per heavy atom. The fourth-order valence-electron chi connectivity index (χ4n) is 3.54. The lowest BCUT2D eigenvalue weighted by Gasteiger charge is -2.28. The third kappa shape index (κ3) is 4.24. The number of anilines is 1. The molecule has 5 nitrogen and oxygen atoms in total. The lowest BCUT2D eigenvalue weighted by molar-refractivity contribution is 0.122. The van der Waals surface area contributed by atoms with Crippen molar-refractivity contribution >= 4 is 21.8 Å². The second-order valence-electron chi connectivity index (χ2n) is 6.90. The van der Waals surface area contributed by atoms with E-state index in [2.05, 4.69) is 15.7 Å². The van der Waals surface area contributed by atoms with Gasteiger partial charge in [0.25, 0.3) is 0 Å². The fraction of sp³-hybridized carbons (Fsp3) is 0.333. The second-order valence-corrected chi connectivity index (χ2v) is 8.72. The van der Waals surface area contributed by atoms with Crippen molar-refractivity contribution in [2.75, 3.05) is 31.2 Å². The number of nitrogens with zero attached hydrogens (tertiary/aromatic N) is 1. The quantitative estimate of drug-likeness (QED) is 0.861. The van der Waals surface area contributed by atoms with Crippen molar-refractivity contribution in [1.82, 2.24) is 4.72 Å². The standard InChI is InChI=1S/C21H24N2O3S/c24-27(25,21-10-7-18-3-1-2-4-19(18)15-21)22-16-17-5-8-20(9-6-17)23-11-13-26-14-12-23/h1-6,8-9,15,22H,7,10-14,16H2. The number of fused-ring (bicyclic) bond motifs is 1. The Bertz CT molecular complexity index is 930. The highest BCUT2D eigenvalue weighted by Crippen LogP contribution is 2.26. The van der Waals surface area contributed by atoms with E-state index in [1.807, 2.05) is 42.5 Å². The third-order valence-electron chi connectivity index (χ3n) is 5.14. The minimum absolute atomic E-state index is 0.296. The van der Waals surface area contributed by atoms with Crippen LogP contribution in [-0.2, 0) is 27.7 Å². The number of benzene rings is 2. The van der Waals surface area contributed by atoms with E-state index in [1.165, 1.54) is 5.56 Å². The topological polar surface area (TPSA) is 58.6 Å². The maximum atomic E-state index is 12.7. The molecule has 2 aromatic rings.